The molecule has 0 spiro atoms. The zero-order valence-corrected chi connectivity index (χ0v) is 15.8. The molecular weight excluding hydrogens is 371 g/mol. The maximum absolute atomic E-state index is 13.1. The molecule has 5 rings (SSSR count). The summed E-state index contributed by atoms with van der Waals surface area (Å²) in [7, 11) is 0. The number of anilines is 1. The van der Waals surface area contributed by atoms with E-state index < -0.39 is 11.7 Å². The highest BCUT2D eigenvalue weighted by molar-refractivity contribution is 6.09. The number of nitrogens with zero attached hydrogens (tertiary/aromatic N) is 1. The number of halogens is 1. The van der Waals surface area contributed by atoms with Gasteiger partial charge < -0.3 is 5.32 Å². The average molecular weight is 392 g/mol. The molecule has 3 fully saturated rings. The first-order chi connectivity index (χ1) is 14.0. The highest BCUT2D eigenvalue weighted by atomic mass is 19.1. The molecule has 0 unspecified atom stereocenters. The largest absolute Gasteiger partial charge is 0.325 e. The highest BCUT2D eigenvalue weighted by Gasteiger charge is 2.63. The van der Waals surface area contributed by atoms with Crippen LogP contribution in [0.3, 0.4) is 0 Å². The van der Waals surface area contributed by atoms with Gasteiger partial charge in [-0.3, -0.25) is 19.3 Å². The Morgan fingerprint density at radius 1 is 0.966 bits per heavy atom. The number of carbonyl (C=O) groups excluding carboxylic acids is 3. The van der Waals surface area contributed by atoms with Gasteiger partial charge in [-0.2, -0.15) is 0 Å². The topological polar surface area (TPSA) is 66.5 Å². The fourth-order valence-corrected chi connectivity index (χ4v) is 5.64. The van der Waals surface area contributed by atoms with E-state index in [1.165, 1.54) is 29.8 Å². The predicted molar refractivity (Wildman–Crippen MR) is 104 cm³/mol. The average Bonchev–Trinajstić information content (AvgIpc) is 3.38. The van der Waals surface area contributed by atoms with Crippen LogP contribution in [0.5, 0.6) is 0 Å². The van der Waals surface area contributed by atoms with Gasteiger partial charge in [0.25, 0.3) is 0 Å². The van der Waals surface area contributed by atoms with E-state index in [0.29, 0.717) is 11.6 Å². The first-order valence-corrected chi connectivity index (χ1v) is 9.98. The summed E-state index contributed by atoms with van der Waals surface area (Å²) in [5, 5.41) is 2.62. The lowest BCUT2D eigenvalue weighted by molar-refractivity contribution is -0.143. The molecular formula is C23H21FN2O3. The molecule has 0 radical (unpaired) electrons. The van der Waals surface area contributed by atoms with E-state index in [9.17, 15) is 18.8 Å². The van der Waals surface area contributed by atoms with Gasteiger partial charge in [-0.1, -0.05) is 30.3 Å². The zero-order chi connectivity index (χ0) is 20.1. The first kappa shape index (κ1) is 18.0. The van der Waals surface area contributed by atoms with Gasteiger partial charge in [0.1, 0.15) is 12.4 Å². The number of benzene rings is 2. The number of rotatable bonds is 4. The van der Waals surface area contributed by atoms with Crippen LogP contribution in [0.1, 0.15) is 24.3 Å². The van der Waals surface area contributed by atoms with Crippen molar-refractivity contribution in [1.82, 2.24) is 4.90 Å². The Hall–Kier alpha value is -3.02. The minimum atomic E-state index is -0.453. The second-order valence-corrected chi connectivity index (χ2v) is 8.28. The molecule has 2 bridgehead atoms. The normalized spacial score (nSPS) is 30.0. The molecule has 6 heteroatoms. The Balaban J connectivity index is 1.31. The molecule has 5 nitrogen and oxygen atoms in total. The van der Waals surface area contributed by atoms with Gasteiger partial charge in [0, 0.05) is 5.69 Å². The van der Waals surface area contributed by atoms with Gasteiger partial charge in [0.2, 0.25) is 17.7 Å². The van der Waals surface area contributed by atoms with E-state index in [-0.39, 0.29) is 42.0 Å². The molecule has 29 heavy (non-hydrogen) atoms. The number of hydrogen-bond acceptors (Lipinski definition) is 3. The molecule has 3 amide bonds. The van der Waals surface area contributed by atoms with Gasteiger partial charge in [-0.15, -0.1) is 0 Å². The molecule has 148 valence electrons. The maximum Gasteiger partial charge on any atom is 0.244 e. The summed E-state index contributed by atoms with van der Waals surface area (Å²) in [6.07, 6.45) is 1.83. The van der Waals surface area contributed by atoms with E-state index >= 15 is 0 Å². The SMILES string of the molecule is O=C(CN1C(=O)[C@@H]2[C@@H]3C[C@H]([C@H]2C1=O)[C@@H](c1ccccc1)C3)Nc1ccc(F)cc1. The fraction of sp³-hybridized carbons (Fsp3) is 0.348. The molecule has 2 aromatic rings. The van der Waals surface area contributed by atoms with Crippen LogP contribution in [0, 0.1) is 29.5 Å². The van der Waals surface area contributed by atoms with Crippen LogP contribution in [0.15, 0.2) is 54.6 Å². The summed E-state index contributed by atoms with van der Waals surface area (Å²) in [5.41, 5.74) is 1.66. The lowest BCUT2D eigenvalue weighted by Crippen LogP contribution is -2.39. The number of nitrogens with one attached hydrogen (secondary N) is 1. The molecule has 0 aromatic heterocycles. The van der Waals surface area contributed by atoms with Crippen LogP contribution >= 0.6 is 0 Å². The molecule has 2 aromatic carbocycles. The number of likely N-dealkylation sites (tertiary alicyclic amines) is 1. The number of fused-ring (bicyclic) bond motifs is 5. The molecule has 1 N–H and O–H groups in total. The molecule has 3 aliphatic rings. The van der Waals surface area contributed by atoms with Crippen LogP contribution in [-0.2, 0) is 14.4 Å². The van der Waals surface area contributed by atoms with Crippen molar-refractivity contribution in [2.24, 2.45) is 23.7 Å². The van der Waals surface area contributed by atoms with Crippen LogP contribution in [0.4, 0.5) is 10.1 Å². The van der Waals surface area contributed by atoms with Crippen molar-refractivity contribution >= 4 is 23.4 Å². The van der Waals surface area contributed by atoms with Crippen LogP contribution in [0.25, 0.3) is 0 Å². The smallest absolute Gasteiger partial charge is 0.244 e. The minimum absolute atomic E-state index is 0.161. The highest BCUT2D eigenvalue weighted by Crippen LogP contribution is 2.61. The minimum Gasteiger partial charge on any atom is -0.325 e. The van der Waals surface area contributed by atoms with Crippen molar-refractivity contribution in [2.45, 2.75) is 18.8 Å². The maximum atomic E-state index is 13.1. The van der Waals surface area contributed by atoms with Crippen molar-refractivity contribution < 1.29 is 18.8 Å². The number of amides is 3. The van der Waals surface area contributed by atoms with Crippen molar-refractivity contribution in [3.8, 4) is 0 Å². The van der Waals surface area contributed by atoms with Crippen LogP contribution in [0.2, 0.25) is 0 Å². The molecule has 1 heterocycles. The predicted octanol–water partition coefficient (Wildman–Crippen LogP) is 3.19. The Labute approximate surface area is 167 Å². The molecule has 2 saturated carbocycles. The van der Waals surface area contributed by atoms with Gasteiger partial charge in [-0.05, 0) is 60.4 Å². The number of hydrogen-bond donors (Lipinski definition) is 1. The summed E-state index contributed by atoms with van der Waals surface area (Å²) < 4.78 is 13.0. The van der Waals surface area contributed by atoms with Gasteiger partial charge >= 0.3 is 0 Å². The van der Waals surface area contributed by atoms with Gasteiger partial charge in [0.15, 0.2) is 0 Å². The third kappa shape index (κ3) is 2.94. The second kappa shape index (κ2) is 6.79. The quantitative estimate of drug-likeness (QED) is 0.813. The Bertz CT molecular complexity index is 975. The molecule has 1 saturated heterocycles. The van der Waals surface area contributed by atoms with Crippen molar-refractivity contribution in [1.29, 1.82) is 0 Å². The van der Waals surface area contributed by atoms with Crippen LogP contribution < -0.4 is 5.32 Å². The molecule has 2 aliphatic carbocycles. The summed E-state index contributed by atoms with van der Waals surface area (Å²) >= 11 is 0. The summed E-state index contributed by atoms with van der Waals surface area (Å²) in [6.45, 7) is -0.294. The zero-order valence-electron chi connectivity index (χ0n) is 15.8. The Kier molecular flexibility index (Phi) is 4.23. The third-order valence-corrected chi connectivity index (χ3v) is 6.76. The second-order valence-electron chi connectivity index (χ2n) is 8.28. The van der Waals surface area contributed by atoms with Crippen molar-refractivity contribution in [3.05, 3.63) is 66.0 Å². The Morgan fingerprint density at radius 2 is 1.66 bits per heavy atom. The van der Waals surface area contributed by atoms with Crippen LogP contribution in [-0.4, -0.2) is 29.2 Å². The number of carbonyl (C=O) groups is 3. The lowest BCUT2D eigenvalue weighted by atomic mass is 9.73. The standard InChI is InChI=1S/C23H21FN2O3/c24-15-6-8-16(9-7-15)25-19(27)12-26-22(28)20-14-10-17(13-4-2-1-3-5-13)18(11-14)21(20)23(26)29/h1-9,14,17-18,20-21H,10-12H2,(H,25,27)/t14-,17+,18-,20+,21+/m0/s1. The third-order valence-electron chi connectivity index (χ3n) is 6.76. The fourth-order valence-electron chi connectivity index (χ4n) is 5.64. The Morgan fingerprint density at radius 3 is 2.38 bits per heavy atom. The van der Waals surface area contributed by atoms with E-state index in [0.717, 1.165) is 17.7 Å². The summed E-state index contributed by atoms with van der Waals surface area (Å²) in [4.78, 5) is 39.5. The van der Waals surface area contributed by atoms with E-state index in [4.69, 9.17) is 0 Å². The van der Waals surface area contributed by atoms with E-state index in [2.05, 4.69) is 17.4 Å². The van der Waals surface area contributed by atoms with Gasteiger partial charge in [-0.25, -0.2) is 4.39 Å². The summed E-state index contributed by atoms with van der Waals surface area (Å²) in [5.74, 6) is -1.22. The van der Waals surface area contributed by atoms with Crippen molar-refractivity contribution in [2.75, 3.05) is 11.9 Å². The van der Waals surface area contributed by atoms with Crippen molar-refractivity contribution in [3.63, 3.8) is 0 Å². The summed E-state index contributed by atoms with van der Waals surface area (Å²) in [6, 6.07) is 15.6. The molecule has 5 atom stereocenters. The van der Waals surface area contributed by atoms with E-state index in [1.807, 2.05) is 18.2 Å². The number of imide groups is 1. The monoisotopic (exact) mass is 392 g/mol. The molecule has 1 aliphatic heterocycles. The lowest BCUT2D eigenvalue weighted by Gasteiger charge is -2.28. The first-order valence-electron chi connectivity index (χ1n) is 9.98. The van der Waals surface area contributed by atoms with Gasteiger partial charge in [0.05, 0.1) is 11.8 Å². The van der Waals surface area contributed by atoms with E-state index in [1.54, 1.807) is 0 Å².